The molecule has 1 unspecified atom stereocenters. The van der Waals surface area contributed by atoms with Crippen molar-refractivity contribution in [3.8, 4) is 0 Å². The number of nitrogens with two attached hydrogens (primary N) is 2. The number of hydrogen-bond acceptors (Lipinski definition) is 8. The summed E-state index contributed by atoms with van der Waals surface area (Å²) in [6.07, 6.45) is 2.59. The molecule has 11 heteroatoms. The molecule has 1 aliphatic rings. The van der Waals surface area contributed by atoms with Crippen LogP contribution in [0.3, 0.4) is 0 Å². The third-order valence-corrected chi connectivity index (χ3v) is 6.36. The van der Waals surface area contributed by atoms with Gasteiger partial charge in [-0.15, -0.1) is 0 Å². The number of carbonyl (C=O) groups is 1. The zero-order chi connectivity index (χ0) is 18.0. The second-order valence-electron chi connectivity index (χ2n) is 5.82. The summed E-state index contributed by atoms with van der Waals surface area (Å²) in [6, 6.07) is -0.827. The molecule has 1 aliphatic heterocycles. The van der Waals surface area contributed by atoms with Gasteiger partial charge in [0.2, 0.25) is 0 Å². The number of hydrogen-bond donors (Lipinski definition) is 4. The van der Waals surface area contributed by atoms with Crippen LogP contribution in [0.5, 0.6) is 0 Å². The third kappa shape index (κ3) is 3.91. The van der Waals surface area contributed by atoms with E-state index in [0.29, 0.717) is 35.1 Å². The van der Waals surface area contributed by atoms with Crippen molar-refractivity contribution in [2.24, 2.45) is 5.73 Å². The SMILES string of the molecule is Nc1ncnc2c1ncn2[C@H]1C[C@H](O)[C@@H](C[Se]CCC(N)C(=O)O)O1. The van der Waals surface area contributed by atoms with Crippen LogP contribution in [0.4, 0.5) is 5.82 Å². The molecule has 0 aliphatic carbocycles. The summed E-state index contributed by atoms with van der Waals surface area (Å²) < 4.78 is 7.71. The summed E-state index contributed by atoms with van der Waals surface area (Å²) in [5.74, 6) is -0.682. The Morgan fingerprint density at radius 3 is 3.04 bits per heavy atom. The summed E-state index contributed by atoms with van der Waals surface area (Å²) >= 11 is 0.150. The number of nitrogens with zero attached hydrogens (tertiary/aromatic N) is 4. The Labute approximate surface area is 149 Å². The molecule has 0 spiro atoms. The number of imidazole rings is 1. The molecule has 0 bridgehead atoms. The van der Waals surface area contributed by atoms with Gasteiger partial charge in [-0.25, -0.2) is 0 Å². The molecule has 1 fully saturated rings. The molecule has 0 aromatic carbocycles. The number of aliphatic carboxylic acids is 1. The number of aliphatic hydroxyl groups is 1. The minimum absolute atomic E-state index is 0.150. The average Bonchev–Trinajstić information content (AvgIpc) is 3.16. The van der Waals surface area contributed by atoms with Crippen molar-refractivity contribution in [1.82, 2.24) is 19.5 Å². The number of nitrogen functional groups attached to an aromatic ring is 1. The molecule has 0 amide bonds. The molecule has 0 radical (unpaired) electrons. The standard InChI is InChI=1S/C14H20N6O4Se/c15-7(14(22)23)1-2-25-4-9-8(21)3-10(24-9)20-6-19-11-12(16)17-5-18-13(11)20/h5-10,21H,1-4,15H2,(H,22,23)(H2,16,17,18)/t7?,8-,9+,10+/m0/s1. The van der Waals surface area contributed by atoms with Crippen molar-refractivity contribution in [3.05, 3.63) is 12.7 Å². The Morgan fingerprint density at radius 2 is 2.28 bits per heavy atom. The van der Waals surface area contributed by atoms with Gasteiger partial charge in [0.15, 0.2) is 0 Å². The Hall–Kier alpha value is -1.78. The Morgan fingerprint density at radius 1 is 1.48 bits per heavy atom. The van der Waals surface area contributed by atoms with E-state index in [0.717, 1.165) is 5.32 Å². The number of ether oxygens (including phenoxy) is 1. The van der Waals surface area contributed by atoms with E-state index in [9.17, 15) is 9.90 Å². The molecule has 10 nitrogen and oxygen atoms in total. The molecule has 3 heterocycles. The monoisotopic (exact) mass is 416 g/mol. The Bertz CT molecular complexity index is 756. The predicted octanol–water partition coefficient (Wildman–Crippen LogP) is -0.600. The van der Waals surface area contributed by atoms with Gasteiger partial charge in [0.1, 0.15) is 0 Å². The summed E-state index contributed by atoms with van der Waals surface area (Å²) in [7, 11) is 0. The first-order valence-corrected chi connectivity index (χ1v) is 10.2. The minimum atomic E-state index is -0.985. The molecule has 136 valence electrons. The number of carboxylic acids is 1. The third-order valence-electron chi connectivity index (χ3n) is 4.07. The maximum absolute atomic E-state index is 10.7. The van der Waals surface area contributed by atoms with Crippen LogP contribution < -0.4 is 11.5 Å². The van der Waals surface area contributed by atoms with Gasteiger partial charge in [0.05, 0.1) is 0 Å². The number of anilines is 1. The van der Waals surface area contributed by atoms with Crippen LogP contribution >= 0.6 is 0 Å². The molecule has 2 aromatic rings. The zero-order valence-corrected chi connectivity index (χ0v) is 15.1. The van der Waals surface area contributed by atoms with Crippen molar-refractivity contribution >= 4 is 37.9 Å². The van der Waals surface area contributed by atoms with Crippen molar-refractivity contribution < 1.29 is 19.7 Å². The van der Waals surface area contributed by atoms with E-state index in [4.69, 9.17) is 21.3 Å². The van der Waals surface area contributed by atoms with Gasteiger partial charge in [-0.05, 0) is 0 Å². The first-order chi connectivity index (χ1) is 12.0. The van der Waals surface area contributed by atoms with E-state index in [2.05, 4.69) is 15.0 Å². The van der Waals surface area contributed by atoms with Crippen LogP contribution in [-0.2, 0) is 9.53 Å². The Kier molecular flexibility index (Phi) is 5.50. The molecule has 6 N–H and O–H groups in total. The van der Waals surface area contributed by atoms with Gasteiger partial charge in [-0.3, -0.25) is 0 Å². The molecular formula is C14H20N6O4Se. The van der Waals surface area contributed by atoms with Gasteiger partial charge in [0, 0.05) is 0 Å². The van der Waals surface area contributed by atoms with Crippen molar-refractivity contribution in [1.29, 1.82) is 0 Å². The molecule has 0 saturated carbocycles. The second kappa shape index (κ2) is 7.63. The fraction of sp³-hybridized carbons (Fsp3) is 0.571. The molecule has 3 rings (SSSR count). The van der Waals surface area contributed by atoms with Gasteiger partial charge in [-0.1, -0.05) is 0 Å². The predicted molar refractivity (Wildman–Crippen MR) is 89.9 cm³/mol. The fourth-order valence-corrected chi connectivity index (χ4v) is 5.00. The molecular weight excluding hydrogens is 395 g/mol. The van der Waals surface area contributed by atoms with Gasteiger partial charge in [0.25, 0.3) is 0 Å². The van der Waals surface area contributed by atoms with Crippen LogP contribution in [0, 0.1) is 0 Å². The molecule has 1 saturated heterocycles. The van der Waals surface area contributed by atoms with Crippen LogP contribution in [-0.4, -0.2) is 68.9 Å². The summed E-state index contributed by atoms with van der Waals surface area (Å²) in [5.41, 5.74) is 12.4. The van der Waals surface area contributed by atoms with E-state index in [1.807, 2.05) is 0 Å². The second-order valence-corrected chi connectivity index (χ2v) is 8.24. The summed E-state index contributed by atoms with van der Waals surface area (Å²) in [6.45, 7) is 0. The topological polar surface area (TPSA) is 162 Å². The average molecular weight is 415 g/mol. The maximum atomic E-state index is 10.7. The normalized spacial score (nSPS) is 24.6. The van der Waals surface area contributed by atoms with Crippen LogP contribution in [0.1, 0.15) is 19.1 Å². The Balaban J connectivity index is 1.58. The first-order valence-electron chi connectivity index (χ1n) is 7.80. The van der Waals surface area contributed by atoms with E-state index >= 15 is 0 Å². The molecule has 4 atom stereocenters. The number of aliphatic hydroxyl groups excluding tert-OH is 1. The van der Waals surface area contributed by atoms with Gasteiger partial charge >= 0.3 is 149 Å². The summed E-state index contributed by atoms with van der Waals surface area (Å²) in [5, 5.41) is 20.5. The van der Waals surface area contributed by atoms with E-state index in [1.54, 1.807) is 10.9 Å². The fourth-order valence-electron chi connectivity index (χ4n) is 2.65. The molecule has 2 aromatic heterocycles. The van der Waals surface area contributed by atoms with Crippen molar-refractivity contribution in [2.75, 3.05) is 5.73 Å². The number of carboxylic acid groups (broad SMARTS) is 1. The van der Waals surface area contributed by atoms with E-state index in [-0.39, 0.29) is 27.3 Å². The zero-order valence-electron chi connectivity index (χ0n) is 13.4. The number of aromatic nitrogens is 4. The first kappa shape index (κ1) is 18.0. The van der Waals surface area contributed by atoms with Gasteiger partial charge in [-0.2, -0.15) is 0 Å². The van der Waals surface area contributed by atoms with Gasteiger partial charge < -0.3 is 0 Å². The van der Waals surface area contributed by atoms with Crippen LogP contribution in [0.15, 0.2) is 12.7 Å². The van der Waals surface area contributed by atoms with E-state index in [1.165, 1.54) is 6.33 Å². The van der Waals surface area contributed by atoms with Crippen molar-refractivity contribution in [2.45, 2.75) is 48.0 Å². The van der Waals surface area contributed by atoms with Crippen molar-refractivity contribution in [3.63, 3.8) is 0 Å². The quantitative estimate of drug-likeness (QED) is 0.342. The van der Waals surface area contributed by atoms with Crippen LogP contribution in [0.25, 0.3) is 11.2 Å². The van der Waals surface area contributed by atoms with Crippen LogP contribution in [0.2, 0.25) is 10.6 Å². The number of rotatable bonds is 7. The molecule has 25 heavy (non-hydrogen) atoms. The van der Waals surface area contributed by atoms with E-state index < -0.39 is 18.1 Å². The summed E-state index contributed by atoms with van der Waals surface area (Å²) in [4.78, 5) is 23.0. The number of fused-ring (bicyclic) bond motifs is 1.